The molecular formula is C15H12N4O. The number of benzene rings is 1. The summed E-state index contributed by atoms with van der Waals surface area (Å²) in [6.45, 7) is 2.47. The Bertz CT molecular complexity index is 837. The average molecular weight is 264 g/mol. The summed E-state index contributed by atoms with van der Waals surface area (Å²) in [5, 5.41) is 0. The van der Waals surface area contributed by atoms with Gasteiger partial charge in [-0.15, -0.1) is 0 Å². The molecule has 1 aromatic carbocycles. The van der Waals surface area contributed by atoms with Crippen molar-refractivity contribution in [1.82, 2.24) is 15.0 Å². The lowest BCUT2D eigenvalue weighted by atomic mass is 10.1. The van der Waals surface area contributed by atoms with Crippen molar-refractivity contribution < 1.29 is 4.79 Å². The smallest absolute Gasteiger partial charge is 0.259 e. The average Bonchev–Trinajstić information content (AvgIpc) is 3.00. The number of aromatic amines is 1. The summed E-state index contributed by atoms with van der Waals surface area (Å²) in [5.74, 6) is 0.0183. The summed E-state index contributed by atoms with van der Waals surface area (Å²) < 4.78 is 0. The van der Waals surface area contributed by atoms with Gasteiger partial charge in [0.15, 0.2) is 5.65 Å². The highest BCUT2D eigenvalue weighted by Gasteiger charge is 2.30. The fraction of sp³-hybridized carbons (Fsp3) is 0.133. The van der Waals surface area contributed by atoms with Crippen LogP contribution in [0.25, 0.3) is 11.2 Å². The van der Waals surface area contributed by atoms with E-state index >= 15 is 0 Å². The third-order valence-corrected chi connectivity index (χ3v) is 3.59. The number of aromatic nitrogens is 3. The zero-order chi connectivity index (χ0) is 13.7. The molecule has 0 unspecified atom stereocenters. The molecule has 1 aliphatic heterocycles. The minimum atomic E-state index is 0.0183. The lowest BCUT2D eigenvalue weighted by Gasteiger charge is -2.13. The summed E-state index contributed by atoms with van der Waals surface area (Å²) in [4.78, 5) is 26.1. The third kappa shape index (κ3) is 1.46. The van der Waals surface area contributed by atoms with Gasteiger partial charge in [0.1, 0.15) is 5.52 Å². The van der Waals surface area contributed by atoms with E-state index < -0.39 is 0 Å². The Balaban J connectivity index is 1.86. The summed E-state index contributed by atoms with van der Waals surface area (Å²) in [6.07, 6.45) is 3.51. The van der Waals surface area contributed by atoms with Gasteiger partial charge in [-0.3, -0.25) is 4.79 Å². The van der Waals surface area contributed by atoms with Gasteiger partial charge in [0.05, 0.1) is 24.1 Å². The van der Waals surface area contributed by atoms with Crippen molar-refractivity contribution in [3.05, 3.63) is 53.5 Å². The molecule has 0 bridgehead atoms. The first-order chi connectivity index (χ1) is 9.74. The van der Waals surface area contributed by atoms with Gasteiger partial charge in [0.25, 0.3) is 5.91 Å². The largest absolute Gasteiger partial charge is 0.343 e. The molecule has 3 aromatic rings. The Kier molecular flexibility index (Phi) is 2.18. The SMILES string of the molecule is Cc1cnc2[nH]cc(N3Cc4ccccc4C3=O)c2n1. The minimum absolute atomic E-state index is 0.0183. The molecule has 0 radical (unpaired) electrons. The maximum absolute atomic E-state index is 12.5. The molecule has 1 N–H and O–H groups in total. The summed E-state index contributed by atoms with van der Waals surface area (Å²) in [6, 6.07) is 7.69. The van der Waals surface area contributed by atoms with E-state index in [-0.39, 0.29) is 5.91 Å². The van der Waals surface area contributed by atoms with E-state index in [1.807, 2.05) is 31.2 Å². The topological polar surface area (TPSA) is 61.9 Å². The van der Waals surface area contributed by atoms with Crippen molar-refractivity contribution in [2.24, 2.45) is 0 Å². The van der Waals surface area contributed by atoms with Gasteiger partial charge in [-0.2, -0.15) is 0 Å². The lowest BCUT2D eigenvalue weighted by Crippen LogP contribution is -2.22. The van der Waals surface area contributed by atoms with Crippen LogP contribution in [0.2, 0.25) is 0 Å². The predicted molar refractivity (Wildman–Crippen MR) is 75.6 cm³/mol. The fourth-order valence-corrected chi connectivity index (χ4v) is 2.62. The highest BCUT2D eigenvalue weighted by atomic mass is 16.2. The number of fused-ring (bicyclic) bond motifs is 2. The molecule has 5 heteroatoms. The van der Waals surface area contributed by atoms with Crippen LogP contribution < -0.4 is 4.90 Å². The molecule has 0 aliphatic carbocycles. The van der Waals surface area contributed by atoms with Gasteiger partial charge in [0.2, 0.25) is 0 Å². The van der Waals surface area contributed by atoms with Gasteiger partial charge >= 0.3 is 0 Å². The zero-order valence-electron chi connectivity index (χ0n) is 10.9. The molecule has 1 aliphatic rings. The Morgan fingerprint density at radius 3 is 3.00 bits per heavy atom. The van der Waals surface area contributed by atoms with Crippen molar-refractivity contribution >= 4 is 22.8 Å². The van der Waals surface area contributed by atoms with Gasteiger partial charge in [-0.25, -0.2) is 9.97 Å². The number of hydrogen-bond acceptors (Lipinski definition) is 3. The Hall–Kier alpha value is -2.69. The molecule has 0 atom stereocenters. The van der Waals surface area contributed by atoms with E-state index in [4.69, 9.17) is 0 Å². The standard InChI is InChI=1S/C15H12N4O/c1-9-6-16-14-13(18-9)12(7-17-14)19-8-10-4-2-3-5-11(10)15(19)20/h2-7H,8H2,1H3,(H,16,17). The molecular weight excluding hydrogens is 252 g/mol. The highest BCUT2D eigenvalue weighted by Crippen LogP contribution is 2.31. The van der Waals surface area contributed by atoms with Gasteiger partial charge in [-0.05, 0) is 18.6 Å². The van der Waals surface area contributed by atoms with Crippen molar-refractivity contribution in [1.29, 1.82) is 0 Å². The summed E-state index contributed by atoms with van der Waals surface area (Å²) >= 11 is 0. The number of carbonyl (C=O) groups excluding carboxylic acids is 1. The Morgan fingerprint density at radius 1 is 1.30 bits per heavy atom. The molecule has 98 valence electrons. The molecule has 20 heavy (non-hydrogen) atoms. The molecule has 0 spiro atoms. The van der Waals surface area contributed by atoms with Crippen molar-refractivity contribution in [2.75, 3.05) is 4.90 Å². The van der Waals surface area contributed by atoms with E-state index in [9.17, 15) is 4.79 Å². The van der Waals surface area contributed by atoms with Crippen LogP contribution in [0.3, 0.4) is 0 Å². The maximum atomic E-state index is 12.5. The van der Waals surface area contributed by atoms with Gasteiger partial charge in [-0.1, -0.05) is 18.2 Å². The second-order valence-electron chi connectivity index (χ2n) is 4.93. The number of nitrogens with one attached hydrogen (secondary N) is 1. The third-order valence-electron chi connectivity index (χ3n) is 3.59. The first-order valence-electron chi connectivity index (χ1n) is 6.44. The van der Waals surface area contributed by atoms with Crippen LogP contribution in [0.5, 0.6) is 0 Å². The van der Waals surface area contributed by atoms with Crippen LogP contribution >= 0.6 is 0 Å². The lowest BCUT2D eigenvalue weighted by molar-refractivity contribution is 0.0997. The Morgan fingerprint density at radius 2 is 2.15 bits per heavy atom. The molecule has 0 saturated heterocycles. The molecule has 5 nitrogen and oxygen atoms in total. The number of anilines is 1. The molecule has 4 rings (SSSR count). The normalized spacial score (nSPS) is 14.1. The number of amides is 1. The second kappa shape index (κ2) is 3.90. The fourth-order valence-electron chi connectivity index (χ4n) is 2.62. The number of aryl methyl sites for hydroxylation is 1. The monoisotopic (exact) mass is 264 g/mol. The minimum Gasteiger partial charge on any atom is -0.343 e. The van der Waals surface area contributed by atoms with Crippen molar-refractivity contribution in [2.45, 2.75) is 13.5 Å². The van der Waals surface area contributed by atoms with Crippen LogP contribution in [0, 0.1) is 6.92 Å². The van der Waals surface area contributed by atoms with E-state index in [1.165, 1.54) is 0 Å². The number of carbonyl (C=O) groups is 1. The van der Waals surface area contributed by atoms with Gasteiger partial charge < -0.3 is 9.88 Å². The molecule has 0 saturated carbocycles. The van der Waals surface area contributed by atoms with E-state index in [1.54, 1.807) is 17.3 Å². The van der Waals surface area contributed by atoms with Gasteiger partial charge in [0, 0.05) is 11.8 Å². The van der Waals surface area contributed by atoms with Crippen LogP contribution in [0.4, 0.5) is 5.69 Å². The van der Waals surface area contributed by atoms with E-state index in [0.717, 1.165) is 28.0 Å². The van der Waals surface area contributed by atoms with Crippen molar-refractivity contribution in [3.63, 3.8) is 0 Å². The number of H-pyrrole nitrogens is 1. The Labute approximate surface area is 115 Å². The van der Waals surface area contributed by atoms with Crippen LogP contribution in [0.1, 0.15) is 21.6 Å². The molecule has 0 fully saturated rings. The van der Waals surface area contributed by atoms with Crippen LogP contribution in [-0.2, 0) is 6.54 Å². The van der Waals surface area contributed by atoms with Crippen LogP contribution in [0.15, 0.2) is 36.7 Å². The summed E-state index contributed by atoms with van der Waals surface area (Å²) in [5.41, 5.74) is 4.88. The first kappa shape index (κ1) is 11.2. The molecule has 3 heterocycles. The number of rotatable bonds is 1. The van der Waals surface area contributed by atoms with E-state index in [2.05, 4.69) is 15.0 Å². The molecule has 2 aromatic heterocycles. The maximum Gasteiger partial charge on any atom is 0.259 e. The quantitative estimate of drug-likeness (QED) is 0.734. The van der Waals surface area contributed by atoms with Crippen LogP contribution in [-0.4, -0.2) is 20.9 Å². The molecule has 1 amide bonds. The second-order valence-corrected chi connectivity index (χ2v) is 4.93. The zero-order valence-corrected chi connectivity index (χ0v) is 10.9. The number of hydrogen-bond donors (Lipinski definition) is 1. The predicted octanol–water partition coefficient (Wildman–Crippen LogP) is 2.43. The van der Waals surface area contributed by atoms with E-state index in [0.29, 0.717) is 12.2 Å². The summed E-state index contributed by atoms with van der Waals surface area (Å²) in [7, 11) is 0. The highest BCUT2D eigenvalue weighted by molar-refractivity contribution is 6.12. The first-order valence-corrected chi connectivity index (χ1v) is 6.44. The number of nitrogens with zero attached hydrogens (tertiary/aromatic N) is 3. The van der Waals surface area contributed by atoms with Crippen molar-refractivity contribution in [3.8, 4) is 0 Å².